The van der Waals surface area contributed by atoms with Crippen LogP contribution in [0.15, 0.2) is 0 Å². The van der Waals surface area contributed by atoms with Crippen LogP contribution in [0.3, 0.4) is 0 Å². The number of likely N-dealkylation sites (N-methyl/N-ethyl adjacent to an activating group) is 1. The van der Waals surface area contributed by atoms with Gasteiger partial charge < -0.3 is 15.3 Å². The second kappa shape index (κ2) is 6.02. The van der Waals surface area contributed by atoms with Gasteiger partial charge in [-0.3, -0.25) is 4.79 Å². The SMILES string of the molecule is CN(CC1(O)CCCC1)C(=O)CC1CCCNC1. The number of piperidine rings is 1. The average Bonchev–Trinajstić information content (AvgIpc) is 2.77. The zero-order valence-electron chi connectivity index (χ0n) is 11.5. The second-order valence-electron chi connectivity index (χ2n) is 6.10. The van der Waals surface area contributed by atoms with E-state index in [2.05, 4.69) is 5.32 Å². The Morgan fingerprint density at radius 1 is 1.39 bits per heavy atom. The first-order valence-electron chi connectivity index (χ1n) is 7.26. The van der Waals surface area contributed by atoms with Crippen LogP contribution < -0.4 is 5.32 Å². The molecule has 1 saturated carbocycles. The maximum Gasteiger partial charge on any atom is 0.222 e. The van der Waals surface area contributed by atoms with Crippen molar-refractivity contribution in [1.29, 1.82) is 0 Å². The lowest BCUT2D eigenvalue weighted by Gasteiger charge is -2.30. The third kappa shape index (κ3) is 3.69. The van der Waals surface area contributed by atoms with E-state index in [1.807, 2.05) is 7.05 Å². The summed E-state index contributed by atoms with van der Waals surface area (Å²) in [6.07, 6.45) is 6.81. The van der Waals surface area contributed by atoms with E-state index in [-0.39, 0.29) is 5.91 Å². The van der Waals surface area contributed by atoms with Crippen LogP contribution in [0.4, 0.5) is 0 Å². The molecule has 1 heterocycles. The highest BCUT2D eigenvalue weighted by molar-refractivity contribution is 5.76. The van der Waals surface area contributed by atoms with Crippen molar-refractivity contribution in [3.8, 4) is 0 Å². The van der Waals surface area contributed by atoms with Gasteiger partial charge >= 0.3 is 0 Å². The second-order valence-corrected chi connectivity index (χ2v) is 6.10. The van der Waals surface area contributed by atoms with E-state index in [4.69, 9.17) is 0 Å². The first-order valence-corrected chi connectivity index (χ1v) is 7.26. The summed E-state index contributed by atoms with van der Waals surface area (Å²) >= 11 is 0. The fraction of sp³-hybridized carbons (Fsp3) is 0.929. The van der Waals surface area contributed by atoms with Crippen LogP contribution in [-0.4, -0.2) is 48.2 Å². The van der Waals surface area contributed by atoms with Crippen molar-refractivity contribution in [2.45, 2.75) is 50.5 Å². The molecule has 1 atom stereocenters. The van der Waals surface area contributed by atoms with Crippen molar-refractivity contribution in [3.63, 3.8) is 0 Å². The number of hydrogen-bond acceptors (Lipinski definition) is 3. The molecule has 4 nitrogen and oxygen atoms in total. The molecule has 2 fully saturated rings. The number of nitrogens with one attached hydrogen (secondary N) is 1. The Hall–Kier alpha value is -0.610. The van der Waals surface area contributed by atoms with Crippen LogP contribution in [0.5, 0.6) is 0 Å². The third-order valence-corrected chi connectivity index (χ3v) is 4.35. The van der Waals surface area contributed by atoms with Crippen molar-refractivity contribution in [2.24, 2.45) is 5.92 Å². The summed E-state index contributed by atoms with van der Waals surface area (Å²) < 4.78 is 0. The van der Waals surface area contributed by atoms with Gasteiger partial charge in [-0.1, -0.05) is 12.8 Å². The fourth-order valence-corrected chi connectivity index (χ4v) is 3.22. The summed E-state index contributed by atoms with van der Waals surface area (Å²) in [5.74, 6) is 0.663. The number of carbonyl (C=O) groups is 1. The molecular weight excluding hydrogens is 228 g/mol. The van der Waals surface area contributed by atoms with Gasteiger partial charge in [-0.2, -0.15) is 0 Å². The molecule has 1 aliphatic carbocycles. The third-order valence-electron chi connectivity index (χ3n) is 4.35. The zero-order valence-corrected chi connectivity index (χ0v) is 11.5. The Labute approximate surface area is 110 Å². The van der Waals surface area contributed by atoms with Crippen LogP contribution in [0.1, 0.15) is 44.9 Å². The predicted molar refractivity (Wildman–Crippen MR) is 71.3 cm³/mol. The Morgan fingerprint density at radius 2 is 2.11 bits per heavy atom. The summed E-state index contributed by atoms with van der Waals surface area (Å²) in [5, 5.41) is 13.6. The fourth-order valence-electron chi connectivity index (χ4n) is 3.22. The van der Waals surface area contributed by atoms with Gasteiger partial charge in [-0.05, 0) is 44.7 Å². The van der Waals surface area contributed by atoms with Crippen LogP contribution in [0.25, 0.3) is 0 Å². The highest BCUT2D eigenvalue weighted by atomic mass is 16.3. The smallest absolute Gasteiger partial charge is 0.222 e. The zero-order chi connectivity index (χ0) is 13.0. The Bertz CT molecular complexity index is 282. The predicted octanol–water partition coefficient (Wildman–Crippen LogP) is 1.14. The molecule has 1 amide bonds. The summed E-state index contributed by atoms with van der Waals surface area (Å²) in [6.45, 7) is 2.55. The molecule has 1 aliphatic heterocycles. The molecule has 18 heavy (non-hydrogen) atoms. The van der Waals surface area contributed by atoms with Crippen LogP contribution in [0.2, 0.25) is 0 Å². The minimum absolute atomic E-state index is 0.184. The standard InChI is InChI=1S/C14H26N2O2/c1-16(11-14(18)6-2-3-7-14)13(17)9-12-5-4-8-15-10-12/h12,15,18H,2-11H2,1H3. The summed E-state index contributed by atoms with van der Waals surface area (Å²) in [4.78, 5) is 13.9. The number of hydrogen-bond donors (Lipinski definition) is 2. The number of carbonyl (C=O) groups excluding carboxylic acids is 1. The Kier molecular flexibility index (Phi) is 4.62. The number of amides is 1. The molecule has 0 aromatic heterocycles. The molecule has 0 bridgehead atoms. The number of nitrogens with zero attached hydrogens (tertiary/aromatic N) is 1. The molecule has 0 aromatic rings. The van der Waals surface area contributed by atoms with Crippen molar-refractivity contribution in [1.82, 2.24) is 10.2 Å². The van der Waals surface area contributed by atoms with Gasteiger partial charge in [0.25, 0.3) is 0 Å². The van der Waals surface area contributed by atoms with E-state index in [1.54, 1.807) is 4.90 Å². The van der Waals surface area contributed by atoms with Crippen molar-refractivity contribution in [3.05, 3.63) is 0 Å². The first kappa shape index (κ1) is 13.8. The van der Waals surface area contributed by atoms with Gasteiger partial charge in [0.2, 0.25) is 5.91 Å². The van der Waals surface area contributed by atoms with E-state index < -0.39 is 5.60 Å². The summed E-state index contributed by atoms with van der Waals surface area (Å²) in [7, 11) is 1.83. The van der Waals surface area contributed by atoms with Gasteiger partial charge in [-0.15, -0.1) is 0 Å². The van der Waals surface area contributed by atoms with Crippen molar-refractivity contribution >= 4 is 5.91 Å². The van der Waals surface area contributed by atoms with Crippen molar-refractivity contribution < 1.29 is 9.90 Å². The molecule has 2 aliphatic rings. The first-order chi connectivity index (χ1) is 8.59. The molecule has 0 aromatic carbocycles. The molecule has 1 unspecified atom stereocenters. The highest BCUT2D eigenvalue weighted by Gasteiger charge is 2.33. The van der Waals surface area contributed by atoms with Crippen LogP contribution in [0, 0.1) is 5.92 Å². The Balaban J connectivity index is 1.77. The van der Waals surface area contributed by atoms with E-state index in [0.29, 0.717) is 18.9 Å². The van der Waals surface area contributed by atoms with E-state index in [0.717, 1.165) is 45.2 Å². The minimum Gasteiger partial charge on any atom is -0.388 e. The lowest BCUT2D eigenvalue weighted by Crippen LogP contribution is -2.43. The highest BCUT2D eigenvalue weighted by Crippen LogP contribution is 2.30. The maximum absolute atomic E-state index is 12.1. The van der Waals surface area contributed by atoms with Crippen LogP contribution in [-0.2, 0) is 4.79 Å². The maximum atomic E-state index is 12.1. The van der Waals surface area contributed by atoms with Gasteiger partial charge in [0, 0.05) is 20.0 Å². The minimum atomic E-state index is -0.616. The lowest BCUT2D eigenvalue weighted by molar-refractivity contribution is -0.134. The largest absolute Gasteiger partial charge is 0.388 e. The Morgan fingerprint density at radius 3 is 2.72 bits per heavy atom. The average molecular weight is 254 g/mol. The van der Waals surface area contributed by atoms with E-state index >= 15 is 0 Å². The molecule has 4 heteroatoms. The molecule has 1 saturated heterocycles. The molecule has 2 rings (SSSR count). The van der Waals surface area contributed by atoms with Gasteiger partial charge in [0.15, 0.2) is 0 Å². The number of aliphatic hydroxyl groups is 1. The van der Waals surface area contributed by atoms with Crippen molar-refractivity contribution in [2.75, 3.05) is 26.7 Å². The normalized spacial score (nSPS) is 27.1. The van der Waals surface area contributed by atoms with Gasteiger partial charge in [0.05, 0.1) is 5.60 Å². The van der Waals surface area contributed by atoms with Crippen LogP contribution >= 0.6 is 0 Å². The summed E-state index contributed by atoms with van der Waals surface area (Å²) in [6, 6.07) is 0. The quantitative estimate of drug-likeness (QED) is 0.791. The topological polar surface area (TPSA) is 52.6 Å². The van der Waals surface area contributed by atoms with E-state index in [9.17, 15) is 9.90 Å². The molecule has 0 spiro atoms. The molecule has 2 N–H and O–H groups in total. The van der Waals surface area contributed by atoms with Gasteiger partial charge in [-0.25, -0.2) is 0 Å². The summed E-state index contributed by atoms with van der Waals surface area (Å²) in [5.41, 5.74) is -0.616. The molecule has 0 radical (unpaired) electrons. The number of rotatable bonds is 4. The van der Waals surface area contributed by atoms with Gasteiger partial charge in [0.1, 0.15) is 0 Å². The molecule has 104 valence electrons. The monoisotopic (exact) mass is 254 g/mol. The lowest BCUT2D eigenvalue weighted by atomic mass is 9.95. The van der Waals surface area contributed by atoms with E-state index in [1.165, 1.54) is 6.42 Å². The molecular formula is C14H26N2O2.